The van der Waals surface area contributed by atoms with Gasteiger partial charge in [0, 0.05) is 11.1 Å². The second-order valence-corrected chi connectivity index (χ2v) is 5.96. The van der Waals surface area contributed by atoms with Gasteiger partial charge in [-0.3, -0.25) is 20.4 Å². The summed E-state index contributed by atoms with van der Waals surface area (Å²) in [5.41, 5.74) is 5.62. The number of ether oxygens (including phenoxy) is 1. The molecule has 0 unspecified atom stereocenters. The molecule has 8 nitrogen and oxygen atoms in total. The van der Waals surface area contributed by atoms with Gasteiger partial charge in [0.2, 0.25) is 0 Å². The maximum absolute atomic E-state index is 12.0. The van der Waals surface area contributed by atoms with E-state index in [4.69, 9.17) is 9.15 Å². The molecular weight excluding hydrogens is 356 g/mol. The zero-order valence-electron chi connectivity index (χ0n) is 13.8. The SMILES string of the molecule is COc1ccc(NCC(=O)NNC(=O)c2csc(-c3ccco3)n2)cc1. The number of anilines is 1. The zero-order valence-corrected chi connectivity index (χ0v) is 14.6. The van der Waals surface area contributed by atoms with Crippen molar-refractivity contribution in [2.24, 2.45) is 0 Å². The molecule has 2 amide bonds. The fraction of sp³-hybridized carbons (Fsp3) is 0.118. The van der Waals surface area contributed by atoms with Crippen LogP contribution in [-0.2, 0) is 4.79 Å². The second-order valence-electron chi connectivity index (χ2n) is 5.10. The van der Waals surface area contributed by atoms with Crippen LogP contribution < -0.4 is 20.9 Å². The minimum Gasteiger partial charge on any atom is -0.497 e. The third-order valence-corrected chi connectivity index (χ3v) is 4.18. The molecule has 0 aliphatic rings. The highest BCUT2D eigenvalue weighted by atomic mass is 32.1. The predicted octanol–water partition coefficient (Wildman–Crippen LogP) is 2.28. The lowest BCUT2D eigenvalue weighted by molar-refractivity contribution is -0.120. The average Bonchev–Trinajstić information content (AvgIpc) is 3.36. The number of carbonyl (C=O) groups excluding carboxylic acids is 2. The van der Waals surface area contributed by atoms with Gasteiger partial charge in [0.15, 0.2) is 10.8 Å². The van der Waals surface area contributed by atoms with E-state index in [1.807, 2.05) is 0 Å². The average molecular weight is 372 g/mol. The fourth-order valence-electron chi connectivity index (χ4n) is 2.02. The third-order valence-electron chi connectivity index (χ3n) is 3.33. The molecule has 3 rings (SSSR count). The number of methoxy groups -OCH3 is 1. The van der Waals surface area contributed by atoms with Crippen molar-refractivity contribution in [1.29, 1.82) is 0 Å². The van der Waals surface area contributed by atoms with Crippen molar-refractivity contribution in [3.63, 3.8) is 0 Å². The standard InChI is InChI=1S/C17H16N4O4S/c1-24-12-6-4-11(5-7-12)18-9-15(22)20-21-16(23)13-10-26-17(19-13)14-3-2-8-25-14/h2-8,10,18H,9H2,1H3,(H,20,22)(H,21,23). The first kappa shape index (κ1) is 17.5. The fourth-order valence-corrected chi connectivity index (χ4v) is 2.78. The van der Waals surface area contributed by atoms with E-state index in [9.17, 15) is 9.59 Å². The normalized spacial score (nSPS) is 10.2. The van der Waals surface area contributed by atoms with E-state index in [0.717, 1.165) is 11.4 Å². The molecule has 134 valence electrons. The van der Waals surface area contributed by atoms with Gasteiger partial charge in [-0.25, -0.2) is 4.98 Å². The summed E-state index contributed by atoms with van der Waals surface area (Å²) >= 11 is 1.28. The van der Waals surface area contributed by atoms with Gasteiger partial charge in [-0.05, 0) is 36.4 Å². The molecule has 3 aromatic rings. The lowest BCUT2D eigenvalue weighted by Gasteiger charge is -2.08. The number of nitrogens with zero attached hydrogens (tertiary/aromatic N) is 1. The Labute approximate surface area is 153 Å². The van der Waals surface area contributed by atoms with Crippen LogP contribution in [0, 0.1) is 0 Å². The number of nitrogens with one attached hydrogen (secondary N) is 3. The van der Waals surface area contributed by atoms with Crippen LogP contribution in [0.2, 0.25) is 0 Å². The molecule has 0 aliphatic carbocycles. The van der Waals surface area contributed by atoms with E-state index in [2.05, 4.69) is 21.2 Å². The minimum absolute atomic E-state index is 0.00131. The summed E-state index contributed by atoms with van der Waals surface area (Å²) < 4.78 is 10.3. The predicted molar refractivity (Wildman–Crippen MR) is 96.9 cm³/mol. The monoisotopic (exact) mass is 372 g/mol. The number of amides is 2. The Morgan fingerprint density at radius 2 is 2.00 bits per heavy atom. The summed E-state index contributed by atoms with van der Waals surface area (Å²) in [6.45, 7) is 0.00131. The van der Waals surface area contributed by atoms with Crippen LogP contribution in [0.25, 0.3) is 10.8 Å². The third kappa shape index (κ3) is 4.39. The number of hydrazine groups is 1. The number of hydrogen-bond donors (Lipinski definition) is 3. The van der Waals surface area contributed by atoms with Gasteiger partial charge >= 0.3 is 0 Å². The summed E-state index contributed by atoms with van der Waals surface area (Å²) in [5, 5.41) is 5.12. The molecule has 0 atom stereocenters. The van der Waals surface area contributed by atoms with Crippen LogP contribution in [0.4, 0.5) is 5.69 Å². The van der Waals surface area contributed by atoms with E-state index in [1.165, 1.54) is 17.6 Å². The Bertz CT molecular complexity index is 875. The van der Waals surface area contributed by atoms with Crippen molar-refractivity contribution in [2.75, 3.05) is 19.0 Å². The van der Waals surface area contributed by atoms with Crippen molar-refractivity contribution in [2.45, 2.75) is 0 Å². The van der Waals surface area contributed by atoms with Gasteiger partial charge in [-0.15, -0.1) is 11.3 Å². The van der Waals surface area contributed by atoms with Gasteiger partial charge in [0.05, 0.1) is 19.9 Å². The number of rotatable bonds is 6. The Kier molecular flexibility index (Phi) is 5.49. The smallest absolute Gasteiger partial charge is 0.289 e. The largest absolute Gasteiger partial charge is 0.497 e. The summed E-state index contributed by atoms with van der Waals surface area (Å²) in [6, 6.07) is 10.6. The molecule has 26 heavy (non-hydrogen) atoms. The van der Waals surface area contributed by atoms with Crippen LogP contribution in [-0.4, -0.2) is 30.5 Å². The highest BCUT2D eigenvalue weighted by molar-refractivity contribution is 7.13. The highest BCUT2D eigenvalue weighted by Crippen LogP contribution is 2.23. The Balaban J connectivity index is 1.45. The van der Waals surface area contributed by atoms with E-state index in [-0.39, 0.29) is 12.2 Å². The summed E-state index contributed by atoms with van der Waals surface area (Å²) in [6.07, 6.45) is 1.53. The number of hydrogen-bond acceptors (Lipinski definition) is 7. The van der Waals surface area contributed by atoms with Gasteiger partial charge in [0.25, 0.3) is 11.8 Å². The summed E-state index contributed by atoms with van der Waals surface area (Å²) in [7, 11) is 1.58. The molecule has 0 bridgehead atoms. The molecule has 0 aliphatic heterocycles. The molecule has 1 aromatic carbocycles. The lowest BCUT2D eigenvalue weighted by atomic mass is 10.3. The van der Waals surface area contributed by atoms with Gasteiger partial charge in [-0.1, -0.05) is 0 Å². The lowest BCUT2D eigenvalue weighted by Crippen LogP contribution is -2.44. The molecule has 0 fully saturated rings. The van der Waals surface area contributed by atoms with Crippen molar-refractivity contribution in [3.8, 4) is 16.5 Å². The van der Waals surface area contributed by atoms with E-state index in [1.54, 1.807) is 48.9 Å². The molecule has 2 aromatic heterocycles. The molecule has 0 radical (unpaired) electrons. The molecule has 2 heterocycles. The van der Waals surface area contributed by atoms with Crippen molar-refractivity contribution in [1.82, 2.24) is 15.8 Å². The van der Waals surface area contributed by atoms with Crippen molar-refractivity contribution < 1.29 is 18.7 Å². The molecular formula is C17H16N4O4S. The quantitative estimate of drug-likeness (QED) is 0.573. The number of furan rings is 1. The summed E-state index contributed by atoms with van der Waals surface area (Å²) in [5.74, 6) is 0.415. The van der Waals surface area contributed by atoms with Gasteiger partial charge in [0.1, 0.15) is 11.4 Å². The van der Waals surface area contributed by atoms with Crippen molar-refractivity contribution >= 4 is 28.8 Å². The van der Waals surface area contributed by atoms with Crippen LogP contribution in [0.15, 0.2) is 52.5 Å². The molecule has 3 N–H and O–H groups in total. The van der Waals surface area contributed by atoms with Gasteiger partial charge in [-0.2, -0.15) is 0 Å². The molecule has 0 saturated heterocycles. The van der Waals surface area contributed by atoms with E-state index in [0.29, 0.717) is 10.8 Å². The first-order valence-electron chi connectivity index (χ1n) is 7.62. The van der Waals surface area contributed by atoms with Crippen LogP contribution in [0.1, 0.15) is 10.5 Å². The Hall–Kier alpha value is -3.33. The second kappa shape index (κ2) is 8.17. The minimum atomic E-state index is -0.503. The first-order valence-corrected chi connectivity index (χ1v) is 8.50. The summed E-state index contributed by atoms with van der Waals surface area (Å²) in [4.78, 5) is 28.0. The van der Waals surface area contributed by atoms with Crippen LogP contribution in [0.5, 0.6) is 5.75 Å². The van der Waals surface area contributed by atoms with E-state index >= 15 is 0 Å². The maximum atomic E-state index is 12.0. The zero-order chi connectivity index (χ0) is 18.4. The Morgan fingerprint density at radius 3 is 2.69 bits per heavy atom. The van der Waals surface area contributed by atoms with Crippen LogP contribution >= 0.6 is 11.3 Å². The molecule has 0 saturated carbocycles. The molecule has 0 spiro atoms. The Morgan fingerprint density at radius 1 is 1.19 bits per heavy atom. The molecule has 9 heteroatoms. The maximum Gasteiger partial charge on any atom is 0.289 e. The number of carbonyl (C=O) groups is 2. The van der Waals surface area contributed by atoms with Crippen LogP contribution in [0.3, 0.4) is 0 Å². The number of aromatic nitrogens is 1. The van der Waals surface area contributed by atoms with E-state index < -0.39 is 11.8 Å². The topological polar surface area (TPSA) is 105 Å². The number of thiazole rings is 1. The highest BCUT2D eigenvalue weighted by Gasteiger charge is 2.13. The van der Waals surface area contributed by atoms with Crippen molar-refractivity contribution in [3.05, 3.63) is 53.7 Å². The van der Waals surface area contributed by atoms with Gasteiger partial charge < -0.3 is 14.5 Å². The first-order chi connectivity index (χ1) is 12.7. The number of benzene rings is 1.